The Morgan fingerprint density at radius 3 is 2.36 bits per heavy atom. The molecule has 0 aromatic heterocycles. The Hall–Kier alpha value is -2.77. The molecule has 5 fully saturated rings. The zero-order valence-electron chi connectivity index (χ0n) is 26.9. The molecule has 4 unspecified atom stereocenters. The maximum absolute atomic E-state index is 14.7. The lowest BCUT2D eigenvalue weighted by molar-refractivity contribution is -0.166. The lowest BCUT2D eigenvalue weighted by Gasteiger charge is -2.40. The van der Waals surface area contributed by atoms with Gasteiger partial charge in [0.25, 0.3) is 0 Å². The predicted octanol–water partition coefficient (Wildman–Crippen LogP) is 6.01. The molecule has 5 aliphatic rings. The van der Waals surface area contributed by atoms with Gasteiger partial charge in [-0.15, -0.1) is 0 Å². The summed E-state index contributed by atoms with van der Waals surface area (Å²) >= 11 is 0. The van der Waals surface area contributed by atoms with Gasteiger partial charge in [0.1, 0.15) is 18.2 Å². The van der Waals surface area contributed by atoms with Crippen LogP contribution in [0.2, 0.25) is 0 Å². The van der Waals surface area contributed by atoms with Crippen LogP contribution in [0.1, 0.15) is 116 Å². The SMILES string of the molecule is CC1(C)C2CCC1(C)C(OC(=O)[C@@H]1C[C@H]3CCCCC3N1C(=O)[C@@H](NC(=O)CCc1ccc(O)c(O)c1)C1CCCCC1)C2. The number of benzene rings is 1. The number of carbonyl (C=O) groups is 3. The fourth-order valence-electron chi connectivity index (χ4n) is 9.75. The lowest BCUT2D eigenvalue weighted by atomic mass is 9.70. The van der Waals surface area contributed by atoms with Crippen molar-refractivity contribution in [2.75, 3.05) is 0 Å². The monoisotopic (exact) mass is 608 g/mol. The highest BCUT2D eigenvalue weighted by molar-refractivity contribution is 5.92. The van der Waals surface area contributed by atoms with Crippen molar-refractivity contribution in [2.24, 2.45) is 28.6 Å². The van der Waals surface area contributed by atoms with Gasteiger partial charge in [-0.3, -0.25) is 9.59 Å². The van der Waals surface area contributed by atoms with Crippen LogP contribution in [0.4, 0.5) is 0 Å². The van der Waals surface area contributed by atoms with Crippen LogP contribution in [0, 0.1) is 28.6 Å². The van der Waals surface area contributed by atoms with Crippen LogP contribution in [0.15, 0.2) is 18.2 Å². The largest absolute Gasteiger partial charge is 0.504 e. The molecular weight excluding hydrogens is 556 g/mol. The first-order valence-corrected chi connectivity index (χ1v) is 17.3. The van der Waals surface area contributed by atoms with Gasteiger partial charge in [0, 0.05) is 17.9 Å². The molecular formula is C36H52N2O6. The first-order chi connectivity index (χ1) is 21.0. The molecule has 0 spiro atoms. The number of nitrogens with zero attached hydrogens (tertiary/aromatic N) is 1. The van der Waals surface area contributed by atoms with Gasteiger partial charge in [0.15, 0.2) is 11.5 Å². The van der Waals surface area contributed by atoms with Crippen molar-refractivity contribution in [1.82, 2.24) is 10.2 Å². The third-order valence-electron chi connectivity index (χ3n) is 13.0. The molecule has 3 N–H and O–H groups in total. The van der Waals surface area contributed by atoms with E-state index >= 15 is 0 Å². The Morgan fingerprint density at radius 1 is 0.955 bits per heavy atom. The normalized spacial score (nSPS) is 33.5. The molecule has 2 bridgehead atoms. The van der Waals surface area contributed by atoms with E-state index in [1.165, 1.54) is 18.6 Å². The Bertz CT molecular complexity index is 1260. The van der Waals surface area contributed by atoms with E-state index in [1.54, 1.807) is 6.07 Å². The number of aryl methyl sites for hydroxylation is 1. The molecule has 242 valence electrons. The molecule has 4 aliphatic carbocycles. The highest BCUT2D eigenvalue weighted by Gasteiger charge is 2.63. The second-order valence-electron chi connectivity index (χ2n) is 15.4. The summed E-state index contributed by atoms with van der Waals surface area (Å²) in [7, 11) is 0. The number of fused-ring (bicyclic) bond motifs is 3. The van der Waals surface area contributed by atoms with Crippen LogP contribution in [-0.2, 0) is 25.5 Å². The average Bonchev–Trinajstić information content (AvgIpc) is 3.57. The van der Waals surface area contributed by atoms with Crippen molar-refractivity contribution in [2.45, 2.75) is 141 Å². The average molecular weight is 609 g/mol. The molecule has 6 rings (SSSR count). The minimum atomic E-state index is -0.661. The maximum Gasteiger partial charge on any atom is 0.329 e. The highest BCUT2D eigenvalue weighted by Crippen LogP contribution is 2.66. The van der Waals surface area contributed by atoms with Gasteiger partial charge in [0.2, 0.25) is 11.8 Å². The summed E-state index contributed by atoms with van der Waals surface area (Å²) in [5.74, 6) is -0.0757. The van der Waals surface area contributed by atoms with Crippen LogP contribution in [0.3, 0.4) is 0 Å². The number of hydrogen-bond donors (Lipinski definition) is 3. The number of nitrogens with one attached hydrogen (secondary N) is 1. The molecule has 8 nitrogen and oxygen atoms in total. The van der Waals surface area contributed by atoms with Crippen molar-refractivity contribution >= 4 is 17.8 Å². The van der Waals surface area contributed by atoms with Crippen LogP contribution in [0.5, 0.6) is 11.5 Å². The molecule has 7 atom stereocenters. The summed E-state index contributed by atoms with van der Waals surface area (Å²) in [5, 5.41) is 22.6. The van der Waals surface area contributed by atoms with Crippen LogP contribution in [0.25, 0.3) is 0 Å². The van der Waals surface area contributed by atoms with Crippen LogP contribution in [-0.4, -0.2) is 57.1 Å². The standard InChI is InChI=1S/C36H52N2O6/c1-35(2)25-17-18-36(35,3)30(21-25)44-34(43)27-20-24-11-7-8-12-26(24)38(27)33(42)32(23-9-5-4-6-10-23)37-31(41)16-14-22-13-15-28(39)29(40)19-22/h13,15,19,23-27,30,32,39-40H,4-12,14,16-18,20-21H2,1-3H3,(H,37,41)/t24-,25?,26?,27+,30?,32+,36?/m1/s1. The van der Waals surface area contributed by atoms with Crippen LogP contribution < -0.4 is 5.32 Å². The van der Waals surface area contributed by atoms with Gasteiger partial charge in [-0.25, -0.2) is 4.79 Å². The second-order valence-corrected chi connectivity index (χ2v) is 15.4. The van der Waals surface area contributed by atoms with Gasteiger partial charge in [-0.05, 0) is 98.7 Å². The third kappa shape index (κ3) is 5.60. The molecule has 1 heterocycles. The first kappa shape index (κ1) is 31.2. The summed E-state index contributed by atoms with van der Waals surface area (Å²) in [6, 6.07) is 3.34. The van der Waals surface area contributed by atoms with Gasteiger partial charge >= 0.3 is 5.97 Å². The zero-order valence-corrected chi connectivity index (χ0v) is 26.9. The number of phenols is 2. The zero-order chi connectivity index (χ0) is 31.2. The van der Waals surface area contributed by atoms with E-state index in [9.17, 15) is 24.6 Å². The number of phenolic OH excluding ortho intramolecular Hbond substituents is 2. The summed E-state index contributed by atoms with van der Waals surface area (Å²) in [6.07, 6.45) is 13.3. The van der Waals surface area contributed by atoms with E-state index in [2.05, 4.69) is 26.1 Å². The van der Waals surface area contributed by atoms with E-state index in [-0.39, 0.29) is 64.6 Å². The molecule has 8 heteroatoms. The van der Waals surface area contributed by atoms with Gasteiger partial charge in [-0.2, -0.15) is 0 Å². The topological polar surface area (TPSA) is 116 Å². The Labute approximate surface area is 262 Å². The fourth-order valence-corrected chi connectivity index (χ4v) is 9.75. The second kappa shape index (κ2) is 12.2. The van der Waals surface area contributed by atoms with Gasteiger partial charge in [-0.1, -0.05) is 58.9 Å². The summed E-state index contributed by atoms with van der Waals surface area (Å²) in [5.41, 5.74) is 0.827. The van der Waals surface area contributed by atoms with Gasteiger partial charge in [0.05, 0.1) is 0 Å². The number of rotatable bonds is 8. The Kier molecular flexibility index (Phi) is 8.66. The third-order valence-corrected chi connectivity index (χ3v) is 13.0. The van der Waals surface area contributed by atoms with Crippen molar-refractivity contribution < 1.29 is 29.3 Å². The van der Waals surface area contributed by atoms with E-state index in [4.69, 9.17) is 4.74 Å². The molecule has 0 radical (unpaired) electrons. The highest BCUT2D eigenvalue weighted by atomic mass is 16.5. The summed E-state index contributed by atoms with van der Waals surface area (Å²) < 4.78 is 6.41. The molecule has 4 saturated carbocycles. The van der Waals surface area contributed by atoms with Crippen molar-refractivity contribution in [3.8, 4) is 11.5 Å². The minimum absolute atomic E-state index is 0.0174. The molecule has 1 aromatic rings. The summed E-state index contributed by atoms with van der Waals surface area (Å²) in [4.78, 5) is 44.0. The van der Waals surface area contributed by atoms with Crippen LogP contribution >= 0.6 is 0 Å². The Balaban J connectivity index is 1.20. The smallest absolute Gasteiger partial charge is 0.329 e. The van der Waals surface area contributed by atoms with E-state index < -0.39 is 12.1 Å². The van der Waals surface area contributed by atoms with Crippen molar-refractivity contribution in [1.29, 1.82) is 0 Å². The molecule has 1 saturated heterocycles. The number of carbonyl (C=O) groups excluding carboxylic acids is 3. The van der Waals surface area contributed by atoms with Crippen molar-refractivity contribution in [3.63, 3.8) is 0 Å². The Morgan fingerprint density at radius 2 is 1.68 bits per heavy atom. The quantitative estimate of drug-likeness (QED) is 0.246. The number of aromatic hydroxyl groups is 2. The molecule has 1 aromatic carbocycles. The van der Waals surface area contributed by atoms with Gasteiger partial charge < -0.3 is 25.2 Å². The molecule has 1 aliphatic heterocycles. The number of esters is 1. The number of amides is 2. The molecule has 2 amide bonds. The number of ether oxygens (including phenoxy) is 1. The number of hydrogen-bond acceptors (Lipinski definition) is 6. The predicted molar refractivity (Wildman–Crippen MR) is 167 cm³/mol. The summed E-state index contributed by atoms with van der Waals surface area (Å²) in [6.45, 7) is 6.92. The fraction of sp³-hybridized carbons (Fsp3) is 0.750. The minimum Gasteiger partial charge on any atom is -0.504 e. The molecule has 44 heavy (non-hydrogen) atoms. The van der Waals surface area contributed by atoms with E-state index in [0.717, 1.165) is 76.2 Å². The van der Waals surface area contributed by atoms with E-state index in [0.29, 0.717) is 24.7 Å². The van der Waals surface area contributed by atoms with Crippen molar-refractivity contribution in [3.05, 3.63) is 23.8 Å². The first-order valence-electron chi connectivity index (χ1n) is 17.3. The number of likely N-dealkylation sites (tertiary alicyclic amines) is 1. The maximum atomic E-state index is 14.7. The van der Waals surface area contributed by atoms with E-state index in [1.807, 2.05) is 4.90 Å². The lowest BCUT2D eigenvalue weighted by Crippen LogP contribution is -2.58.